The molecule has 12 heteroatoms. The Hall–Kier alpha value is -4.16. The molecule has 3 aromatic rings. The number of hydroxylamine groups is 1. The summed E-state index contributed by atoms with van der Waals surface area (Å²) < 4.78 is 20.1. The summed E-state index contributed by atoms with van der Waals surface area (Å²) in [5.41, 5.74) is 3.82. The van der Waals surface area contributed by atoms with E-state index in [-0.39, 0.29) is 56.6 Å². The molecule has 1 aromatic heterocycles. The standard InChI is InChI=1S/C26H31FN6O5/c27-22-8-6-19(7-9-22)15-28-24(34)10-12-33-17-23(30-32-33)16-29-26(36)21(14-25(35)31-37)11-13-38-18-20-4-2-1-3-5-20/h1-9,17,21,37H,10-16,18H2,(H,28,34)(H,29,36)(H,31,35). The van der Waals surface area contributed by atoms with E-state index in [0.29, 0.717) is 18.8 Å². The second-order valence-corrected chi connectivity index (χ2v) is 8.61. The molecule has 3 amide bonds. The number of amides is 3. The first-order chi connectivity index (χ1) is 18.4. The highest BCUT2D eigenvalue weighted by atomic mass is 19.1. The topological polar surface area (TPSA) is 147 Å². The van der Waals surface area contributed by atoms with Crippen molar-refractivity contribution in [2.45, 2.75) is 45.5 Å². The molecule has 0 aliphatic heterocycles. The van der Waals surface area contributed by atoms with Crippen LogP contribution in [0.1, 0.15) is 36.1 Å². The molecule has 0 spiro atoms. The van der Waals surface area contributed by atoms with Crippen LogP contribution in [0, 0.1) is 11.7 Å². The number of aryl methyl sites for hydroxylation is 1. The van der Waals surface area contributed by atoms with Crippen LogP contribution in [0.15, 0.2) is 60.8 Å². The monoisotopic (exact) mass is 526 g/mol. The number of carbonyl (C=O) groups excluding carboxylic acids is 3. The van der Waals surface area contributed by atoms with Crippen LogP contribution in [-0.2, 0) is 45.4 Å². The van der Waals surface area contributed by atoms with Gasteiger partial charge in [-0.2, -0.15) is 0 Å². The van der Waals surface area contributed by atoms with E-state index in [1.165, 1.54) is 16.8 Å². The van der Waals surface area contributed by atoms with E-state index in [9.17, 15) is 18.8 Å². The molecule has 0 saturated carbocycles. The molecule has 0 aliphatic rings. The van der Waals surface area contributed by atoms with Crippen LogP contribution in [0.4, 0.5) is 4.39 Å². The molecule has 0 radical (unpaired) electrons. The minimum absolute atomic E-state index is 0.0811. The predicted octanol–water partition coefficient (Wildman–Crippen LogP) is 1.86. The Labute approximate surface area is 219 Å². The lowest BCUT2D eigenvalue weighted by Gasteiger charge is -2.15. The van der Waals surface area contributed by atoms with E-state index in [2.05, 4.69) is 20.9 Å². The minimum Gasteiger partial charge on any atom is -0.377 e. The van der Waals surface area contributed by atoms with Gasteiger partial charge in [0.25, 0.3) is 0 Å². The molecule has 202 valence electrons. The number of nitrogens with one attached hydrogen (secondary N) is 3. The Morgan fingerprint density at radius 2 is 1.74 bits per heavy atom. The van der Waals surface area contributed by atoms with Crippen LogP contribution in [0.25, 0.3) is 0 Å². The van der Waals surface area contributed by atoms with Crippen LogP contribution in [-0.4, -0.2) is 44.5 Å². The first kappa shape index (κ1) is 28.4. The summed E-state index contributed by atoms with van der Waals surface area (Å²) >= 11 is 0. The van der Waals surface area contributed by atoms with Crippen molar-refractivity contribution in [1.29, 1.82) is 0 Å². The van der Waals surface area contributed by atoms with Crippen LogP contribution in [0.5, 0.6) is 0 Å². The highest BCUT2D eigenvalue weighted by Crippen LogP contribution is 2.11. The normalized spacial score (nSPS) is 11.5. The van der Waals surface area contributed by atoms with Gasteiger partial charge in [0.1, 0.15) is 11.5 Å². The minimum atomic E-state index is -0.710. The Balaban J connectivity index is 1.40. The summed E-state index contributed by atoms with van der Waals surface area (Å²) in [7, 11) is 0. The molecule has 1 heterocycles. The molecule has 1 atom stereocenters. The maximum absolute atomic E-state index is 13.0. The van der Waals surface area contributed by atoms with Crippen molar-refractivity contribution in [2.75, 3.05) is 6.61 Å². The number of ether oxygens (including phenoxy) is 1. The van der Waals surface area contributed by atoms with Crippen molar-refractivity contribution in [1.82, 2.24) is 31.1 Å². The maximum atomic E-state index is 13.0. The zero-order valence-electron chi connectivity index (χ0n) is 20.8. The third kappa shape index (κ3) is 10.1. The summed E-state index contributed by atoms with van der Waals surface area (Å²) in [6.45, 7) is 1.30. The van der Waals surface area contributed by atoms with Crippen molar-refractivity contribution in [3.8, 4) is 0 Å². The molecule has 1 unspecified atom stereocenters. The number of nitrogens with zero attached hydrogens (tertiary/aromatic N) is 3. The van der Waals surface area contributed by atoms with Gasteiger partial charge in [0.15, 0.2) is 0 Å². The molecular weight excluding hydrogens is 495 g/mol. The number of hydrogen-bond donors (Lipinski definition) is 4. The number of rotatable bonds is 15. The molecule has 0 bridgehead atoms. The van der Waals surface area contributed by atoms with Crippen molar-refractivity contribution < 1.29 is 28.7 Å². The van der Waals surface area contributed by atoms with E-state index in [1.54, 1.807) is 23.8 Å². The van der Waals surface area contributed by atoms with Crippen LogP contribution >= 0.6 is 0 Å². The van der Waals surface area contributed by atoms with E-state index in [4.69, 9.17) is 9.94 Å². The lowest BCUT2D eigenvalue weighted by Crippen LogP contribution is -2.34. The average molecular weight is 527 g/mol. The zero-order valence-corrected chi connectivity index (χ0v) is 20.8. The van der Waals surface area contributed by atoms with Crippen LogP contribution in [0.3, 0.4) is 0 Å². The molecule has 3 rings (SSSR count). The summed E-state index contributed by atoms with van der Waals surface area (Å²) in [6.07, 6.45) is 1.87. The Bertz CT molecular complexity index is 1170. The van der Waals surface area contributed by atoms with Gasteiger partial charge < -0.3 is 15.4 Å². The van der Waals surface area contributed by atoms with Gasteiger partial charge in [-0.1, -0.05) is 47.7 Å². The van der Waals surface area contributed by atoms with Gasteiger partial charge in [0.05, 0.1) is 25.9 Å². The fourth-order valence-electron chi connectivity index (χ4n) is 3.54. The third-order valence-corrected chi connectivity index (χ3v) is 5.65. The second-order valence-electron chi connectivity index (χ2n) is 8.61. The highest BCUT2D eigenvalue weighted by molar-refractivity contribution is 5.85. The number of aromatic nitrogens is 3. The largest absolute Gasteiger partial charge is 0.377 e. The Morgan fingerprint density at radius 3 is 2.47 bits per heavy atom. The predicted molar refractivity (Wildman–Crippen MR) is 133 cm³/mol. The van der Waals surface area contributed by atoms with Gasteiger partial charge in [-0.05, 0) is 29.7 Å². The third-order valence-electron chi connectivity index (χ3n) is 5.65. The molecule has 0 aliphatic carbocycles. The highest BCUT2D eigenvalue weighted by Gasteiger charge is 2.22. The SMILES string of the molecule is O=C(CC(CCOCc1ccccc1)C(=O)NCc1cn(CCC(=O)NCc2ccc(F)cc2)nn1)NO. The summed E-state index contributed by atoms with van der Waals surface area (Å²) in [4.78, 5) is 36.5. The van der Waals surface area contributed by atoms with Gasteiger partial charge >= 0.3 is 0 Å². The van der Waals surface area contributed by atoms with E-state index >= 15 is 0 Å². The summed E-state index contributed by atoms with van der Waals surface area (Å²) in [5, 5.41) is 22.3. The number of benzene rings is 2. The molecule has 0 saturated heterocycles. The molecule has 4 N–H and O–H groups in total. The first-order valence-electron chi connectivity index (χ1n) is 12.2. The number of hydrogen-bond acceptors (Lipinski definition) is 7. The zero-order chi connectivity index (χ0) is 27.2. The molecule has 2 aromatic carbocycles. The van der Waals surface area contributed by atoms with Crippen LogP contribution < -0.4 is 16.1 Å². The van der Waals surface area contributed by atoms with E-state index in [1.807, 2.05) is 30.3 Å². The average Bonchev–Trinajstić information content (AvgIpc) is 3.40. The Morgan fingerprint density at radius 1 is 0.974 bits per heavy atom. The van der Waals surface area contributed by atoms with Crippen molar-refractivity contribution in [3.63, 3.8) is 0 Å². The van der Waals surface area contributed by atoms with Gasteiger partial charge in [-0.25, -0.2) is 9.87 Å². The quantitative estimate of drug-likeness (QED) is 0.134. The fraction of sp³-hybridized carbons (Fsp3) is 0.346. The lowest BCUT2D eigenvalue weighted by molar-refractivity contribution is -0.135. The van der Waals surface area contributed by atoms with E-state index in [0.717, 1.165) is 11.1 Å². The van der Waals surface area contributed by atoms with Gasteiger partial charge in [0.2, 0.25) is 17.7 Å². The first-order valence-corrected chi connectivity index (χ1v) is 12.2. The molecule has 38 heavy (non-hydrogen) atoms. The van der Waals surface area contributed by atoms with Crippen LogP contribution in [0.2, 0.25) is 0 Å². The Kier molecular flexibility index (Phi) is 11.3. The van der Waals surface area contributed by atoms with Gasteiger partial charge in [0, 0.05) is 31.9 Å². The van der Waals surface area contributed by atoms with Gasteiger partial charge in [-0.3, -0.25) is 24.3 Å². The maximum Gasteiger partial charge on any atom is 0.244 e. The second kappa shape index (κ2) is 15.2. The van der Waals surface area contributed by atoms with Crippen molar-refractivity contribution >= 4 is 17.7 Å². The van der Waals surface area contributed by atoms with Crippen molar-refractivity contribution in [2.24, 2.45) is 5.92 Å². The van der Waals surface area contributed by atoms with Crippen molar-refractivity contribution in [3.05, 3.63) is 83.4 Å². The van der Waals surface area contributed by atoms with E-state index < -0.39 is 11.8 Å². The smallest absolute Gasteiger partial charge is 0.244 e. The number of halogens is 1. The molecule has 0 fully saturated rings. The summed E-state index contributed by atoms with van der Waals surface area (Å²) in [5.74, 6) is -2.29. The fourth-order valence-corrected chi connectivity index (χ4v) is 3.54. The summed E-state index contributed by atoms with van der Waals surface area (Å²) in [6, 6.07) is 15.4. The van der Waals surface area contributed by atoms with Gasteiger partial charge in [-0.15, -0.1) is 5.10 Å². The lowest BCUT2D eigenvalue weighted by atomic mass is 10.0. The number of carbonyl (C=O) groups is 3. The molecular formula is C26H31FN6O5. The molecule has 11 nitrogen and oxygen atoms in total.